The lowest BCUT2D eigenvalue weighted by Gasteiger charge is -2.17. The highest BCUT2D eigenvalue weighted by Gasteiger charge is 2.27. The first kappa shape index (κ1) is 14.8. The number of hydrogen-bond donors (Lipinski definition) is 2. The lowest BCUT2D eigenvalue weighted by Crippen LogP contribution is -2.45. The van der Waals surface area contributed by atoms with Crippen molar-refractivity contribution < 1.29 is 14.7 Å². The first-order valence-electron chi connectivity index (χ1n) is 6.53. The quantitative estimate of drug-likeness (QED) is 0.727. The minimum absolute atomic E-state index is 0.141. The third-order valence-corrected chi connectivity index (χ3v) is 4.02. The maximum atomic E-state index is 11.8. The van der Waals surface area contributed by atoms with Crippen LogP contribution in [0.1, 0.15) is 32.7 Å². The van der Waals surface area contributed by atoms with E-state index >= 15 is 0 Å². The molecule has 1 aromatic heterocycles. The predicted octanol–water partition coefficient (Wildman–Crippen LogP) is 0.930. The number of rotatable bonds is 7. The van der Waals surface area contributed by atoms with E-state index in [9.17, 15) is 9.59 Å². The fraction of sp³-hybridized carbons (Fsp3) is 0.667. The van der Waals surface area contributed by atoms with Crippen LogP contribution >= 0.6 is 11.8 Å². The summed E-state index contributed by atoms with van der Waals surface area (Å²) in [6, 6.07) is -0.401. The van der Waals surface area contributed by atoms with Crippen molar-refractivity contribution in [3.8, 4) is 0 Å². The molecule has 1 aliphatic carbocycles. The maximum Gasteiger partial charge on any atom is 0.326 e. The van der Waals surface area contributed by atoms with E-state index in [1.807, 2.05) is 4.57 Å². The number of nitrogens with one attached hydrogen (secondary N) is 1. The minimum Gasteiger partial charge on any atom is -0.480 e. The molecule has 8 heteroatoms. The first-order chi connectivity index (χ1) is 9.49. The van der Waals surface area contributed by atoms with Gasteiger partial charge in [0.2, 0.25) is 5.91 Å². The Hall–Kier alpha value is -1.57. The molecule has 1 aliphatic rings. The average molecular weight is 298 g/mol. The topological polar surface area (TPSA) is 97.1 Å². The molecular weight excluding hydrogens is 280 g/mol. The Balaban J connectivity index is 1.85. The van der Waals surface area contributed by atoms with Crippen LogP contribution in [0.15, 0.2) is 11.5 Å². The monoisotopic (exact) mass is 298 g/mol. The second kappa shape index (κ2) is 6.25. The largest absolute Gasteiger partial charge is 0.480 e. The van der Waals surface area contributed by atoms with E-state index in [0.29, 0.717) is 11.2 Å². The van der Waals surface area contributed by atoms with E-state index in [1.165, 1.54) is 11.8 Å². The second-order valence-electron chi connectivity index (χ2n) is 5.17. The van der Waals surface area contributed by atoms with Crippen LogP contribution in [0.25, 0.3) is 0 Å². The molecular formula is C12H18N4O3S. The highest BCUT2D eigenvalue weighted by molar-refractivity contribution is 7.99. The van der Waals surface area contributed by atoms with Gasteiger partial charge < -0.3 is 15.0 Å². The van der Waals surface area contributed by atoms with Gasteiger partial charge >= 0.3 is 5.97 Å². The molecule has 1 heterocycles. The van der Waals surface area contributed by atoms with Crippen molar-refractivity contribution in [1.29, 1.82) is 0 Å². The van der Waals surface area contributed by atoms with Gasteiger partial charge in [0, 0.05) is 6.04 Å². The van der Waals surface area contributed by atoms with Gasteiger partial charge in [-0.3, -0.25) is 4.79 Å². The van der Waals surface area contributed by atoms with E-state index in [0.717, 1.165) is 12.8 Å². The number of nitrogens with zero attached hydrogens (tertiary/aromatic N) is 3. The summed E-state index contributed by atoms with van der Waals surface area (Å²) in [5.41, 5.74) is 0. The Kier molecular flexibility index (Phi) is 4.64. The van der Waals surface area contributed by atoms with E-state index in [2.05, 4.69) is 15.5 Å². The maximum absolute atomic E-state index is 11.8. The van der Waals surface area contributed by atoms with Gasteiger partial charge in [0.15, 0.2) is 5.16 Å². The van der Waals surface area contributed by atoms with Gasteiger partial charge in [-0.05, 0) is 18.8 Å². The molecule has 2 N–H and O–H groups in total. The zero-order chi connectivity index (χ0) is 14.7. The molecule has 0 spiro atoms. The smallest absolute Gasteiger partial charge is 0.326 e. The summed E-state index contributed by atoms with van der Waals surface area (Å²) in [6.45, 7) is 3.52. The number of aromatic nitrogens is 3. The molecule has 1 saturated carbocycles. The Bertz CT molecular complexity index is 499. The number of carbonyl (C=O) groups excluding carboxylic acids is 1. The van der Waals surface area contributed by atoms with Crippen LogP contribution in [0, 0.1) is 5.92 Å². The summed E-state index contributed by atoms with van der Waals surface area (Å²) >= 11 is 1.28. The molecule has 0 saturated heterocycles. The van der Waals surface area contributed by atoms with E-state index in [-0.39, 0.29) is 17.6 Å². The van der Waals surface area contributed by atoms with Gasteiger partial charge in [0.1, 0.15) is 12.4 Å². The van der Waals surface area contributed by atoms with Gasteiger partial charge in [-0.1, -0.05) is 25.6 Å². The van der Waals surface area contributed by atoms with Crippen molar-refractivity contribution in [1.82, 2.24) is 20.1 Å². The molecule has 1 unspecified atom stereocenters. The van der Waals surface area contributed by atoms with Crippen molar-refractivity contribution in [3.63, 3.8) is 0 Å². The van der Waals surface area contributed by atoms with E-state index in [4.69, 9.17) is 5.11 Å². The lowest BCUT2D eigenvalue weighted by atomic mass is 10.1. The second-order valence-corrected chi connectivity index (χ2v) is 6.11. The molecule has 1 fully saturated rings. The van der Waals surface area contributed by atoms with Crippen molar-refractivity contribution >= 4 is 23.6 Å². The Morgan fingerprint density at radius 3 is 2.80 bits per heavy atom. The lowest BCUT2D eigenvalue weighted by molar-refractivity contribution is -0.142. The number of amides is 1. The van der Waals surface area contributed by atoms with Gasteiger partial charge in [0.05, 0.1) is 5.75 Å². The molecule has 110 valence electrons. The van der Waals surface area contributed by atoms with Gasteiger partial charge in [-0.15, -0.1) is 10.2 Å². The van der Waals surface area contributed by atoms with Crippen molar-refractivity contribution in [2.45, 2.75) is 43.9 Å². The molecule has 20 heavy (non-hydrogen) atoms. The summed E-state index contributed by atoms with van der Waals surface area (Å²) in [5.74, 6) is -1.33. The highest BCUT2D eigenvalue weighted by Crippen LogP contribution is 2.37. The molecule has 0 bridgehead atoms. The van der Waals surface area contributed by atoms with E-state index < -0.39 is 12.0 Å². The molecule has 1 atom stereocenters. The molecule has 2 rings (SSSR count). The first-order valence-corrected chi connectivity index (χ1v) is 7.52. The summed E-state index contributed by atoms with van der Waals surface area (Å²) in [7, 11) is 0. The number of thioether (sulfide) groups is 1. The summed E-state index contributed by atoms with van der Waals surface area (Å²) < 4.78 is 1.97. The minimum atomic E-state index is -1.01. The number of carboxylic acid groups (broad SMARTS) is 1. The average Bonchev–Trinajstić information content (AvgIpc) is 3.12. The molecule has 1 amide bonds. The molecule has 0 radical (unpaired) electrons. The zero-order valence-corrected chi connectivity index (χ0v) is 12.3. The molecule has 7 nitrogen and oxygen atoms in total. The normalized spacial score (nSPS) is 16.1. The SMILES string of the molecule is CC(C)C(NC(=O)CSc1nncn1C1CC1)C(=O)O. The number of carbonyl (C=O) groups is 2. The number of hydrogen-bond acceptors (Lipinski definition) is 5. The number of aliphatic carboxylic acids is 1. The standard InChI is InChI=1S/C12H18N4O3S/c1-7(2)10(11(18)19)14-9(17)5-20-12-15-13-6-16(12)8-3-4-8/h6-8,10H,3-5H2,1-2H3,(H,14,17)(H,18,19). The van der Waals surface area contributed by atoms with Crippen LogP contribution in [-0.2, 0) is 9.59 Å². The van der Waals surface area contributed by atoms with Crippen LogP contribution in [0.3, 0.4) is 0 Å². The van der Waals surface area contributed by atoms with Crippen LogP contribution < -0.4 is 5.32 Å². The molecule has 1 aromatic rings. The molecule has 0 aromatic carbocycles. The zero-order valence-electron chi connectivity index (χ0n) is 11.4. The summed E-state index contributed by atoms with van der Waals surface area (Å²) in [5, 5.41) is 20.1. The fourth-order valence-corrected chi connectivity index (χ4v) is 2.59. The van der Waals surface area contributed by atoms with Crippen molar-refractivity contribution in [3.05, 3.63) is 6.33 Å². The summed E-state index contributed by atoms with van der Waals surface area (Å²) in [6.07, 6.45) is 3.91. The van der Waals surface area contributed by atoms with Crippen molar-refractivity contribution in [2.24, 2.45) is 5.92 Å². The van der Waals surface area contributed by atoms with Crippen molar-refractivity contribution in [2.75, 3.05) is 5.75 Å². The molecule has 0 aliphatic heterocycles. The Morgan fingerprint density at radius 1 is 1.55 bits per heavy atom. The summed E-state index contributed by atoms with van der Waals surface area (Å²) in [4.78, 5) is 22.8. The van der Waals surface area contributed by atoms with Crippen LogP contribution in [-0.4, -0.2) is 43.5 Å². The van der Waals surface area contributed by atoms with Gasteiger partial charge in [-0.25, -0.2) is 4.79 Å². The van der Waals surface area contributed by atoms with E-state index in [1.54, 1.807) is 20.2 Å². The van der Waals surface area contributed by atoms with Crippen LogP contribution in [0.4, 0.5) is 0 Å². The Morgan fingerprint density at radius 2 is 2.25 bits per heavy atom. The fourth-order valence-electron chi connectivity index (χ4n) is 1.80. The van der Waals surface area contributed by atoms with Crippen LogP contribution in [0.2, 0.25) is 0 Å². The third-order valence-electron chi connectivity index (χ3n) is 3.06. The highest BCUT2D eigenvalue weighted by atomic mass is 32.2. The predicted molar refractivity (Wildman–Crippen MR) is 73.4 cm³/mol. The Labute approximate surface area is 121 Å². The number of carboxylic acids is 1. The third kappa shape index (κ3) is 3.72. The van der Waals surface area contributed by atoms with Gasteiger partial charge in [-0.2, -0.15) is 0 Å². The van der Waals surface area contributed by atoms with Gasteiger partial charge in [0.25, 0.3) is 0 Å². The van der Waals surface area contributed by atoms with Crippen LogP contribution in [0.5, 0.6) is 0 Å².